The van der Waals surface area contributed by atoms with Crippen molar-refractivity contribution in [1.82, 2.24) is 0 Å². The van der Waals surface area contributed by atoms with E-state index in [0.717, 1.165) is 0 Å². The Labute approximate surface area is 110 Å². The van der Waals surface area contributed by atoms with Crippen LogP contribution in [-0.2, 0) is 0 Å². The number of hydrogen-bond donors (Lipinski definition) is 1. The van der Waals surface area contributed by atoms with Gasteiger partial charge in [-0.05, 0) is 36.2 Å². The predicted octanol–water partition coefficient (Wildman–Crippen LogP) is 3.66. The van der Waals surface area contributed by atoms with Gasteiger partial charge in [0.15, 0.2) is 11.6 Å². The Hall–Kier alpha value is -1.94. The van der Waals surface area contributed by atoms with Gasteiger partial charge in [-0.2, -0.15) is 0 Å². The number of rotatable bonds is 3. The Morgan fingerprint density at radius 2 is 1.84 bits per heavy atom. The summed E-state index contributed by atoms with van der Waals surface area (Å²) in [7, 11) is 1.39. The summed E-state index contributed by atoms with van der Waals surface area (Å²) in [6.45, 7) is 1.77. The van der Waals surface area contributed by atoms with Gasteiger partial charge >= 0.3 is 0 Å². The van der Waals surface area contributed by atoms with E-state index in [1.54, 1.807) is 25.1 Å². The van der Waals surface area contributed by atoms with E-state index in [-0.39, 0.29) is 17.4 Å². The molecule has 0 heterocycles. The smallest absolute Gasteiger partial charge is 0.172 e. The number of hydrogen-bond acceptors (Lipinski definition) is 2. The highest BCUT2D eigenvalue weighted by atomic mass is 19.1. The summed E-state index contributed by atoms with van der Waals surface area (Å²) in [6.07, 6.45) is 0. The first-order valence-corrected chi connectivity index (χ1v) is 5.92. The molecular weight excluding hydrogens is 248 g/mol. The number of benzene rings is 2. The van der Waals surface area contributed by atoms with Gasteiger partial charge in [-0.25, -0.2) is 8.78 Å². The molecule has 2 nitrogen and oxygen atoms in total. The van der Waals surface area contributed by atoms with E-state index in [9.17, 15) is 8.78 Å². The zero-order valence-electron chi connectivity index (χ0n) is 10.8. The first kappa shape index (κ1) is 13.5. The van der Waals surface area contributed by atoms with Crippen LogP contribution in [0.2, 0.25) is 0 Å². The molecule has 100 valence electrons. The van der Waals surface area contributed by atoms with Crippen molar-refractivity contribution in [3.63, 3.8) is 0 Å². The molecule has 0 radical (unpaired) electrons. The molecule has 0 saturated heterocycles. The maximum absolute atomic E-state index is 14.2. The largest absolute Gasteiger partial charge is 0.494 e. The van der Waals surface area contributed by atoms with Crippen molar-refractivity contribution >= 4 is 0 Å². The topological polar surface area (TPSA) is 35.2 Å². The van der Waals surface area contributed by atoms with Gasteiger partial charge in [0.25, 0.3) is 0 Å². The minimum Gasteiger partial charge on any atom is -0.494 e. The molecule has 0 aromatic heterocycles. The molecule has 19 heavy (non-hydrogen) atoms. The molecule has 1 atom stereocenters. The van der Waals surface area contributed by atoms with E-state index in [1.165, 1.54) is 25.3 Å². The van der Waals surface area contributed by atoms with Crippen molar-refractivity contribution in [2.24, 2.45) is 5.73 Å². The van der Waals surface area contributed by atoms with Crippen LogP contribution < -0.4 is 10.5 Å². The highest BCUT2D eigenvalue weighted by molar-refractivity contribution is 5.70. The van der Waals surface area contributed by atoms with Gasteiger partial charge in [0.1, 0.15) is 5.82 Å². The molecule has 4 heteroatoms. The fraction of sp³-hybridized carbons (Fsp3) is 0.200. The molecule has 2 aromatic carbocycles. The normalized spacial score (nSPS) is 12.3. The van der Waals surface area contributed by atoms with E-state index < -0.39 is 11.6 Å². The zero-order chi connectivity index (χ0) is 14.0. The lowest BCUT2D eigenvalue weighted by Gasteiger charge is -2.14. The first-order chi connectivity index (χ1) is 9.04. The van der Waals surface area contributed by atoms with Gasteiger partial charge in [0.2, 0.25) is 0 Å². The Balaban J connectivity index is 2.67. The number of halogens is 2. The van der Waals surface area contributed by atoms with Crippen LogP contribution in [-0.4, -0.2) is 7.11 Å². The summed E-state index contributed by atoms with van der Waals surface area (Å²) in [4.78, 5) is 0. The molecular formula is C15H15F2NO. The first-order valence-electron chi connectivity index (χ1n) is 5.92. The molecule has 0 aliphatic rings. The summed E-state index contributed by atoms with van der Waals surface area (Å²) < 4.78 is 32.6. The molecule has 2 rings (SSSR count). The van der Waals surface area contributed by atoms with Gasteiger partial charge in [-0.3, -0.25) is 0 Å². The van der Waals surface area contributed by atoms with Crippen LogP contribution in [0.1, 0.15) is 18.5 Å². The maximum atomic E-state index is 14.2. The van der Waals surface area contributed by atoms with Crippen LogP contribution >= 0.6 is 0 Å². The molecule has 2 N–H and O–H groups in total. The molecule has 0 fully saturated rings. The second-order valence-electron chi connectivity index (χ2n) is 4.34. The van der Waals surface area contributed by atoms with E-state index in [1.807, 2.05) is 0 Å². The van der Waals surface area contributed by atoms with Crippen LogP contribution in [0.5, 0.6) is 5.75 Å². The lowest BCUT2D eigenvalue weighted by Crippen LogP contribution is -2.07. The van der Waals surface area contributed by atoms with Crippen LogP contribution in [0.4, 0.5) is 8.78 Å². The van der Waals surface area contributed by atoms with Gasteiger partial charge in [-0.15, -0.1) is 0 Å². The van der Waals surface area contributed by atoms with Crippen molar-refractivity contribution in [2.75, 3.05) is 7.11 Å². The molecule has 0 spiro atoms. The van der Waals surface area contributed by atoms with Gasteiger partial charge < -0.3 is 10.5 Å². The molecule has 1 unspecified atom stereocenters. The minimum absolute atomic E-state index is 0.123. The van der Waals surface area contributed by atoms with E-state index >= 15 is 0 Å². The molecule has 0 saturated carbocycles. The average Bonchev–Trinajstić information content (AvgIpc) is 2.38. The SMILES string of the molecule is COc1cccc(-c2cc(F)ccc2C(C)N)c1F. The number of nitrogens with two attached hydrogens (primary N) is 1. The molecule has 0 aliphatic heterocycles. The summed E-state index contributed by atoms with van der Waals surface area (Å²) in [5.41, 5.74) is 7.27. The van der Waals surface area contributed by atoms with Gasteiger partial charge in [0, 0.05) is 11.6 Å². The third-order valence-corrected chi connectivity index (χ3v) is 2.98. The third kappa shape index (κ3) is 2.58. The second kappa shape index (κ2) is 5.36. The zero-order valence-corrected chi connectivity index (χ0v) is 10.8. The Bertz CT molecular complexity index is 597. The van der Waals surface area contributed by atoms with Crippen molar-refractivity contribution in [1.29, 1.82) is 0 Å². The molecule has 0 aliphatic carbocycles. The van der Waals surface area contributed by atoms with E-state index in [0.29, 0.717) is 11.1 Å². The van der Waals surface area contributed by atoms with Crippen LogP contribution in [0.15, 0.2) is 36.4 Å². The Kier molecular flexibility index (Phi) is 3.81. The highest BCUT2D eigenvalue weighted by Gasteiger charge is 2.16. The van der Waals surface area contributed by atoms with Crippen LogP contribution in [0.25, 0.3) is 11.1 Å². The van der Waals surface area contributed by atoms with Gasteiger partial charge in [-0.1, -0.05) is 18.2 Å². The summed E-state index contributed by atoms with van der Waals surface area (Å²) in [5, 5.41) is 0. The minimum atomic E-state index is -0.516. The van der Waals surface area contributed by atoms with Crippen molar-refractivity contribution in [3.05, 3.63) is 53.6 Å². The highest BCUT2D eigenvalue weighted by Crippen LogP contribution is 2.33. The molecule has 0 amide bonds. The summed E-state index contributed by atoms with van der Waals surface area (Å²) in [5.74, 6) is -0.823. The second-order valence-corrected chi connectivity index (χ2v) is 4.34. The van der Waals surface area contributed by atoms with Crippen molar-refractivity contribution < 1.29 is 13.5 Å². The fourth-order valence-electron chi connectivity index (χ4n) is 2.04. The van der Waals surface area contributed by atoms with Gasteiger partial charge in [0.05, 0.1) is 7.11 Å². The van der Waals surface area contributed by atoms with E-state index in [4.69, 9.17) is 10.5 Å². The monoisotopic (exact) mass is 263 g/mol. The average molecular weight is 263 g/mol. The van der Waals surface area contributed by atoms with Crippen LogP contribution in [0.3, 0.4) is 0 Å². The van der Waals surface area contributed by atoms with E-state index in [2.05, 4.69) is 0 Å². The van der Waals surface area contributed by atoms with Crippen molar-refractivity contribution in [2.45, 2.75) is 13.0 Å². The number of methoxy groups -OCH3 is 1. The lowest BCUT2D eigenvalue weighted by molar-refractivity contribution is 0.387. The lowest BCUT2D eigenvalue weighted by atomic mass is 9.95. The maximum Gasteiger partial charge on any atom is 0.172 e. The quantitative estimate of drug-likeness (QED) is 0.917. The Morgan fingerprint density at radius 3 is 2.47 bits per heavy atom. The summed E-state index contributed by atoms with van der Waals surface area (Å²) in [6, 6.07) is 8.63. The molecule has 0 bridgehead atoms. The Morgan fingerprint density at radius 1 is 1.11 bits per heavy atom. The standard InChI is InChI=1S/C15H15F2NO/c1-9(18)11-7-6-10(16)8-13(11)12-4-3-5-14(19-2)15(12)17/h3-9H,18H2,1-2H3. The van der Waals surface area contributed by atoms with Crippen LogP contribution in [0, 0.1) is 11.6 Å². The number of ether oxygens (including phenoxy) is 1. The third-order valence-electron chi connectivity index (χ3n) is 2.98. The summed E-state index contributed by atoms with van der Waals surface area (Å²) >= 11 is 0. The fourth-order valence-corrected chi connectivity index (χ4v) is 2.04. The predicted molar refractivity (Wildman–Crippen MR) is 70.9 cm³/mol. The molecule has 2 aromatic rings. The van der Waals surface area contributed by atoms with Crippen molar-refractivity contribution in [3.8, 4) is 16.9 Å².